The molecule has 0 aromatic carbocycles. The van der Waals surface area contributed by atoms with E-state index in [9.17, 15) is 4.39 Å². The fraction of sp³-hybridized carbons (Fsp3) is 0.688. The summed E-state index contributed by atoms with van der Waals surface area (Å²) >= 11 is 0. The van der Waals surface area contributed by atoms with Crippen LogP contribution >= 0.6 is 0 Å². The van der Waals surface area contributed by atoms with Gasteiger partial charge in [-0.15, -0.1) is 0 Å². The van der Waals surface area contributed by atoms with Gasteiger partial charge in [0.05, 0.1) is 6.61 Å². The number of nitrogens with one attached hydrogen (secondary N) is 1. The second-order valence-corrected chi connectivity index (χ2v) is 6.08. The summed E-state index contributed by atoms with van der Waals surface area (Å²) in [7, 11) is 0. The average molecular weight is 280 g/mol. The Hall–Kier alpha value is -1.16. The molecule has 1 aromatic rings. The summed E-state index contributed by atoms with van der Waals surface area (Å²) in [5.41, 5.74) is 0.627. The first-order valence-electron chi connectivity index (χ1n) is 7.63. The molecule has 112 valence electrons. The topological polar surface area (TPSA) is 34.2 Å². The van der Waals surface area contributed by atoms with Crippen LogP contribution in [-0.4, -0.2) is 18.1 Å². The third-order valence-electron chi connectivity index (χ3n) is 3.74. The van der Waals surface area contributed by atoms with Gasteiger partial charge in [-0.2, -0.15) is 0 Å². The Morgan fingerprint density at radius 1 is 1.40 bits per heavy atom. The smallest absolute Gasteiger partial charge is 0.250 e. The molecular weight excluding hydrogens is 255 g/mol. The van der Waals surface area contributed by atoms with Crippen LogP contribution in [0.25, 0.3) is 0 Å². The molecule has 0 spiro atoms. The quantitative estimate of drug-likeness (QED) is 0.829. The van der Waals surface area contributed by atoms with Crippen molar-refractivity contribution >= 4 is 0 Å². The first-order chi connectivity index (χ1) is 9.66. The first-order valence-corrected chi connectivity index (χ1v) is 7.63. The van der Waals surface area contributed by atoms with Crippen LogP contribution in [0.5, 0.6) is 5.88 Å². The van der Waals surface area contributed by atoms with Crippen molar-refractivity contribution in [1.29, 1.82) is 0 Å². The first kappa shape index (κ1) is 15.2. The lowest BCUT2D eigenvalue weighted by molar-refractivity contribution is 0.232. The number of rotatable bonds is 7. The van der Waals surface area contributed by atoms with Gasteiger partial charge in [0.2, 0.25) is 0 Å². The van der Waals surface area contributed by atoms with E-state index in [1.807, 2.05) is 0 Å². The molecule has 4 heteroatoms. The summed E-state index contributed by atoms with van der Waals surface area (Å²) in [6, 6.07) is 1.71. The van der Waals surface area contributed by atoms with Gasteiger partial charge in [0.25, 0.3) is 5.88 Å². The molecule has 0 radical (unpaired) electrons. The highest BCUT2D eigenvalue weighted by Crippen LogP contribution is 2.26. The summed E-state index contributed by atoms with van der Waals surface area (Å²) in [5, 5.41) is 3.24. The van der Waals surface area contributed by atoms with E-state index in [0.29, 0.717) is 30.6 Å². The fourth-order valence-corrected chi connectivity index (χ4v) is 2.57. The molecular formula is C16H25FN2O. The molecule has 3 nitrogen and oxygen atoms in total. The van der Waals surface area contributed by atoms with Crippen molar-refractivity contribution in [2.24, 2.45) is 11.8 Å². The highest BCUT2D eigenvalue weighted by atomic mass is 19.1. The Morgan fingerprint density at radius 2 is 2.15 bits per heavy atom. The molecule has 2 rings (SSSR count). The molecule has 0 saturated heterocycles. The minimum atomic E-state index is -0.318. The molecule has 0 atom stereocenters. The Morgan fingerprint density at radius 3 is 2.85 bits per heavy atom. The van der Waals surface area contributed by atoms with Crippen molar-refractivity contribution in [2.75, 3.05) is 13.2 Å². The van der Waals surface area contributed by atoms with Crippen LogP contribution in [0, 0.1) is 17.7 Å². The molecule has 1 aliphatic rings. The summed E-state index contributed by atoms with van der Waals surface area (Å²) in [4.78, 5) is 4.02. The summed E-state index contributed by atoms with van der Waals surface area (Å²) in [6.45, 7) is 6.25. The number of aromatic nitrogens is 1. The van der Waals surface area contributed by atoms with Gasteiger partial charge in [0.15, 0.2) is 5.82 Å². The number of pyridine rings is 1. The molecule has 0 aliphatic heterocycles. The highest BCUT2D eigenvalue weighted by Gasteiger charge is 2.17. The van der Waals surface area contributed by atoms with E-state index in [0.717, 1.165) is 6.54 Å². The Balaban J connectivity index is 1.88. The normalized spacial score (nSPS) is 16.0. The lowest BCUT2D eigenvalue weighted by Crippen LogP contribution is -2.20. The molecule has 0 bridgehead atoms. The van der Waals surface area contributed by atoms with Crippen LogP contribution in [0.2, 0.25) is 0 Å². The van der Waals surface area contributed by atoms with Crippen LogP contribution in [0.15, 0.2) is 12.3 Å². The predicted molar refractivity (Wildman–Crippen MR) is 78.2 cm³/mol. The molecule has 1 saturated carbocycles. The van der Waals surface area contributed by atoms with Crippen molar-refractivity contribution in [3.8, 4) is 5.88 Å². The molecule has 0 amide bonds. The largest absolute Gasteiger partial charge is 0.475 e. The standard InChI is InChI=1S/C16H25FN2O/c1-12(2)9-18-10-14-7-8-19-16(15(14)17)20-11-13-5-3-4-6-13/h7-8,12-13,18H,3-6,9-11H2,1-2H3. The predicted octanol–water partition coefficient (Wildman–Crippen LogP) is 3.54. The molecule has 1 heterocycles. The van der Waals surface area contributed by atoms with Crippen LogP contribution in [0.1, 0.15) is 45.1 Å². The van der Waals surface area contributed by atoms with Crippen LogP contribution in [0.4, 0.5) is 4.39 Å². The van der Waals surface area contributed by atoms with E-state index >= 15 is 0 Å². The van der Waals surface area contributed by atoms with Gasteiger partial charge in [0, 0.05) is 18.3 Å². The summed E-state index contributed by atoms with van der Waals surface area (Å²) in [5.74, 6) is 0.958. The SMILES string of the molecule is CC(C)CNCc1ccnc(OCC2CCCC2)c1F. The fourth-order valence-electron chi connectivity index (χ4n) is 2.57. The maximum atomic E-state index is 14.2. The van der Waals surface area contributed by atoms with Gasteiger partial charge in [-0.1, -0.05) is 26.7 Å². The number of hydrogen-bond donors (Lipinski definition) is 1. The Labute approximate surface area is 120 Å². The number of hydrogen-bond acceptors (Lipinski definition) is 3. The van der Waals surface area contributed by atoms with E-state index < -0.39 is 0 Å². The molecule has 1 N–H and O–H groups in total. The second-order valence-electron chi connectivity index (χ2n) is 6.08. The van der Waals surface area contributed by atoms with Crippen LogP contribution in [0.3, 0.4) is 0 Å². The van der Waals surface area contributed by atoms with Gasteiger partial charge in [-0.3, -0.25) is 0 Å². The lowest BCUT2D eigenvalue weighted by Gasteiger charge is -2.13. The molecule has 0 unspecified atom stereocenters. The lowest BCUT2D eigenvalue weighted by atomic mass is 10.1. The molecule has 1 aromatic heterocycles. The van der Waals surface area contributed by atoms with E-state index in [2.05, 4.69) is 24.1 Å². The maximum Gasteiger partial charge on any atom is 0.250 e. The van der Waals surface area contributed by atoms with Crippen molar-refractivity contribution < 1.29 is 9.13 Å². The summed E-state index contributed by atoms with van der Waals surface area (Å²) in [6.07, 6.45) is 6.54. The van der Waals surface area contributed by atoms with Gasteiger partial charge in [-0.05, 0) is 37.3 Å². The molecule has 1 aliphatic carbocycles. The Kier molecular flexibility index (Phi) is 5.77. The number of ether oxygens (including phenoxy) is 1. The van der Waals surface area contributed by atoms with Crippen LogP contribution in [-0.2, 0) is 6.54 Å². The van der Waals surface area contributed by atoms with Gasteiger partial charge in [0.1, 0.15) is 0 Å². The number of halogens is 1. The minimum Gasteiger partial charge on any atom is -0.475 e. The zero-order valence-electron chi connectivity index (χ0n) is 12.5. The van der Waals surface area contributed by atoms with Crippen molar-refractivity contribution in [2.45, 2.75) is 46.1 Å². The van der Waals surface area contributed by atoms with Crippen LogP contribution < -0.4 is 10.1 Å². The maximum absolute atomic E-state index is 14.2. The zero-order valence-corrected chi connectivity index (χ0v) is 12.5. The monoisotopic (exact) mass is 280 g/mol. The van der Waals surface area contributed by atoms with Gasteiger partial charge in [-0.25, -0.2) is 9.37 Å². The van der Waals surface area contributed by atoms with E-state index in [1.54, 1.807) is 12.3 Å². The molecule has 1 fully saturated rings. The van der Waals surface area contributed by atoms with Crippen molar-refractivity contribution in [3.05, 3.63) is 23.6 Å². The van der Waals surface area contributed by atoms with E-state index in [1.165, 1.54) is 25.7 Å². The second kappa shape index (κ2) is 7.58. The molecule has 20 heavy (non-hydrogen) atoms. The van der Waals surface area contributed by atoms with Crippen molar-refractivity contribution in [1.82, 2.24) is 10.3 Å². The van der Waals surface area contributed by atoms with Gasteiger partial charge >= 0.3 is 0 Å². The third kappa shape index (κ3) is 4.44. The van der Waals surface area contributed by atoms with E-state index in [4.69, 9.17) is 4.74 Å². The highest BCUT2D eigenvalue weighted by molar-refractivity contribution is 5.23. The van der Waals surface area contributed by atoms with E-state index in [-0.39, 0.29) is 11.7 Å². The zero-order chi connectivity index (χ0) is 14.4. The number of nitrogens with zero attached hydrogens (tertiary/aromatic N) is 1. The van der Waals surface area contributed by atoms with Gasteiger partial charge < -0.3 is 10.1 Å². The summed E-state index contributed by atoms with van der Waals surface area (Å²) < 4.78 is 19.8. The third-order valence-corrected chi connectivity index (χ3v) is 3.74. The Bertz CT molecular complexity index is 417. The average Bonchev–Trinajstić information content (AvgIpc) is 2.92. The minimum absolute atomic E-state index is 0.153. The van der Waals surface area contributed by atoms with Crippen molar-refractivity contribution in [3.63, 3.8) is 0 Å².